The van der Waals surface area contributed by atoms with Crippen LogP contribution in [0, 0.1) is 5.92 Å². The minimum Gasteiger partial charge on any atom is -0.494 e. The SMILES string of the molecule is O=C(O)CCCOc1ccc(CNC(=O)CC2CCCCC2)cc1. The molecule has 0 heterocycles. The minimum atomic E-state index is -0.807. The molecule has 1 aliphatic carbocycles. The fourth-order valence-corrected chi connectivity index (χ4v) is 3.04. The lowest BCUT2D eigenvalue weighted by molar-refractivity contribution is -0.137. The van der Waals surface area contributed by atoms with Crippen molar-refractivity contribution in [2.24, 2.45) is 5.92 Å². The number of ether oxygens (including phenoxy) is 1. The van der Waals surface area contributed by atoms with Crippen LogP contribution < -0.4 is 10.1 Å². The Kier molecular flexibility index (Phi) is 7.59. The summed E-state index contributed by atoms with van der Waals surface area (Å²) in [4.78, 5) is 22.4. The maximum Gasteiger partial charge on any atom is 0.303 e. The molecule has 5 heteroatoms. The van der Waals surface area contributed by atoms with E-state index in [-0.39, 0.29) is 12.3 Å². The molecule has 2 rings (SSSR count). The van der Waals surface area contributed by atoms with Gasteiger partial charge in [0.05, 0.1) is 6.61 Å². The van der Waals surface area contributed by atoms with Gasteiger partial charge in [-0.3, -0.25) is 9.59 Å². The quantitative estimate of drug-likeness (QED) is 0.678. The third kappa shape index (κ3) is 7.02. The number of amides is 1. The lowest BCUT2D eigenvalue weighted by Crippen LogP contribution is -2.25. The first-order valence-electron chi connectivity index (χ1n) is 8.83. The zero-order valence-corrected chi connectivity index (χ0v) is 14.1. The van der Waals surface area contributed by atoms with Gasteiger partial charge in [-0.15, -0.1) is 0 Å². The van der Waals surface area contributed by atoms with E-state index in [2.05, 4.69) is 5.32 Å². The molecular weight excluding hydrogens is 306 g/mol. The molecule has 0 atom stereocenters. The predicted octanol–water partition coefficient (Wildman–Crippen LogP) is 3.52. The number of benzene rings is 1. The Bertz CT molecular complexity index is 521. The highest BCUT2D eigenvalue weighted by molar-refractivity contribution is 5.76. The number of carbonyl (C=O) groups excluding carboxylic acids is 1. The summed E-state index contributed by atoms with van der Waals surface area (Å²) in [6, 6.07) is 7.55. The summed E-state index contributed by atoms with van der Waals surface area (Å²) in [6.07, 6.45) is 7.44. The van der Waals surface area contributed by atoms with Crippen molar-refractivity contribution >= 4 is 11.9 Å². The van der Waals surface area contributed by atoms with Crippen LogP contribution in [0.5, 0.6) is 5.75 Å². The highest BCUT2D eigenvalue weighted by Crippen LogP contribution is 2.26. The van der Waals surface area contributed by atoms with Gasteiger partial charge in [-0.2, -0.15) is 0 Å². The molecule has 0 saturated heterocycles. The average Bonchev–Trinajstić information content (AvgIpc) is 2.59. The molecule has 5 nitrogen and oxygen atoms in total. The Labute approximate surface area is 143 Å². The van der Waals surface area contributed by atoms with Crippen LogP contribution in [0.2, 0.25) is 0 Å². The van der Waals surface area contributed by atoms with Crippen LogP contribution in [0.1, 0.15) is 56.9 Å². The first-order valence-corrected chi connectivity index (χ1v) is 8.83. The van der Waals surface area contributed by atoms with Crippen molar-refractivity contribution in [3.63, 3.8) is 0 Å². The van der Waals surface area contributed by atoms with Crippen molar-refractivity contribution in [3.8, 4) is 5.75 Å². The van der Waals surface area contributed by atoms with Crippen LogP contribution in [0.25, 0.3) is 0 Å². The molecule has 1 aliphatic rings. The second-order valence-corrected chi connectivity index (χ2v) is 6.47. The molecule has 0 aliphatic heterocycles. The standard InChI is InChI=1S/C19H27NO4/c21-18(13-15-5-2-1-3-6-15)20-14-16-8-10-17(11-9-16)24-12-4-7-19(22)23/h8-11,15H,1-7,12-14H2,(H,20,21)(H,22,23). The van der Waals surface area contributed by atoms with E-state index < -0.39 is 5.97 Å². The van der Waals surface area contributed by atoms with E-state index in [1.54, 1.807) is 0 Å². The minimum absolute atomic E-state index is 0.116. The molecule has 2 N–H and O–H groups in total. The van der Waals surface area contributed by atoms with Gasteiger partial charge in [0.2, 0.25) is 5.91 Å². The number of carbonyl (C=O) groups is 2. The van der Waals surface area contributed by atoms with Crippen molar-refractivity contribution in [1.82, 2.24) is 5.32 Å². The fourth-order valence-electron chi connectivity index (χ4n) is 3.04. The van der Waals surface area contributed by atoms with E-state index in [0.29, 0.717) is 31.9 Å². The molecule has 0 aromatic heterocycles. The topological polar surface area (TPSA) is 75.6 Å². The lowest BCUT2D eigenvalue weighted by atomic mass is 9.87. The molecule has 24 heavy (non-hydrogen) atoms. The van der Waals surface area contributed by atoms with E-state index in [4.69, 9.17) is 9.84 Å². The number of aliphatic carboxylic acids is 1. The number of carboxylic acid groups (broad SMARTS) is 1. The average molecular weight is 333 g/mol. The van der Waals surface area contributed by atoms with Gasteiger partial charge in [-0.1, -0.05) is 31.4 Å². The zero-order chi connectivity index (χ0) is 17.2. The predicted molar refractivity (Wildman–Crippen MR) is 91.8 cm³/mol. The first-order chi connectivity index (χ1) is 11.6. The monoisotopic (exact) mass is 333 g/mol. The van der Waals surface area contributed by atoms with Crippen LogP contribution in [-0.4, -0.2) is 23.6 Å². The van der Waals surface area contributed by atoms with Crippen LogP contribution in [0.4, 0.5) is 0 Å². The second kappa shape index (κ2) is 9.96. The summed E-state index contributed by atoms with van der Waals surface area (Å²) in [5.74, 6) is 0.604. The van der Waals surface area contributed by atoms with Crippen LogP contribution in [-0.2, 0) is 16.1 Å². The summed E-state index contributed by atoms with van der Waals surface area (Å²) < 4.78 is 5.49. The lowest BCUT2D eigenvalue weighted by Gasteiger charge is -2.20. The van der Waals surface area contributed by atoms with E-state index in [0.717, 1.165) is 11.3 Å². The van der Waals surface area contributed by atoms with E-state index >= 15 is 0 Å². The smallest absolute Gasteiger partial charge is 0.303 e. The summed E-state index contributed by atoms with van der Waals surface area (Å²) >= 11 is 0. The summed E-state index contributed by atoms with van der Waals surface area (Å²) in [7, 11) is 0. The van der Waals surface area contributed by atoms with Crippen LogP contribution in [0.15, 0.2) is 24.3 Å². The van der Waals surface area contributed by atoms with Gasteiger partial charge in [0.15, 0.2) is 0 Å². The first kappa shape index (κ1) is 18.3. The Morgan fingerprint density at radius 1 is 1.12 bits per heavy atom. The van der Waals surface area contributed by atoms with Gasteiger partial charge in [0, 0.05) is 19.4 Å². The largest absolute Gasteiger partial charge is 0.494 e. The van der Waals surface area contributed by atoms with Crippen molar-refractivity contribution < 1.29 is 19.4 Å². The van der Waals surface area contributed by atoms with Gasteiger partial charge in [0.25, 0.3) is 0 Å². The van der Waals surface area contributed by atoms with Gasteiger partial charge in [-0.25, -0.2) is 0 Å². The number of nitrogens with one attached hydrogen (secondary N) is 1. The van der Waals surface area contributed by atoms with Gasteiger partial charge >= 0.3 is 5.97 Å². The van der Waals surface area contributed by atoms with E-state index in [1.807, 2.05) is 24.3 Å². The molecule has 0 radical (unpaired) electrons. The molecule has 1 aromatic carbocycles. The number of rotatable bonds is 9. The number of carboxylic acids is 1. The maximum atomic E-state index is 12.0. The van der Waals surface area contributed by atoms with E-state index in [9.17, 15) is 9.59 Å². The Balaban J connectivity index is 1.65. The molecule has 1 aromatic rings. The summed E-state index contributed by atoms with van der Waals surface area (Å²) in [6.45, 7) is 0.925. The molecule has 1 amide bonds. The summed E-state index contributed by atoms with van der Waals surface area (Å²) in [5.41, 5.74) is 1.03. The number of hydrogen-bond donors (Lipinski definition) is 2. The molecule has 1 fully saturated rings. The number of hydrogen-bond acceptors (Lipinski definition) is 3. The van der Waals surface area contributed by atoms with Gasteiger partial charge in [-0.05, 0) is 42.9 Å². The molecule has 0 bridgehead atoms. The normalized spacial score (nSPS) is 15.0. The Morgan fingerprint density at radius 3 is 2.50 bits per heavy atom. The zero-order valence-electron chi connectivity index (χ0n) is 14.1. The molecular formula is C19H27NO4. The molecule has 1 saturated carbocycles. The van der Waals surface area contributed by atoms with Crippen LogP contribution in [0.3, 0.4) is 0 Å². The van der Waals surface area contributed by atoms with Gasteiger partial charge in [0.1, 0.15) is 5.75 Å². The van der Waals surface area contributed by atoms with Crippen molar-refractivity contribution in [3.05, 3.63) is 29.8 Å². The Morgan fingerprint density at radius 2 is 1.83 bits per heavy atom. The highest BCUT2D eigenvalue weighted by atomic mass is 16.5. The third-order valence-electron chi connectivity index (χ3n) is 4.42. The second-order valence-electron chi connectivity index (χ2n) is 6.47. The maximum absolute atomic E-state index is 12.0. The van der Waals surface area contributed by atoms with Crippen molar-refractivity contribution in [2.45, 2.75) is 57.9 Å². The molecule has 0 unspecified atom stereocenters. The third-order valence-corrected chi connectivity index (χ3v) is 4.42. The van der Waals surface area contributed by atoms with Crippen molar-refractivity contribution in [2.75, 3.05) is 6.61 Å². The fraction of sp³-hybridized carbons (Fsp3) is 0.579. The van der Waals surface area contributed by atoms with E-state index in [1.165, 1.54) is 32.1 Å². The molecule has 0 spiro atoms. The summed E-state index contributed by atoms with van der Waals surface area (Å²) in [5, 5.41) is 11.5. The molecule has 132 valence electrons. The van der Waals surface area contributed by atoms with Crippen molar-refractivity contribution in [1.29, 1.82) is 0 Å². The highest BCUT2D eigenvalue weighted by Gasteiger charge is 2.16. The van der Waals surface area contributed by atoms with Crippen LogP contribution >= 0.6 is 0 Å². The van der Waals surface area contributed by atoms with Gasteiger partial charge < -0.3 is 15.2 Å². The Hall–Kier alpha value is -2.04.